The molecule has 0 heterocycles. The molecule has 1 aromatic carbocycles. The Morgan fingerprint density at radius 1 is 1.12 bits per heavy atom. The van der Waals surface area contributed by atoms with Crippen molar-refractivity contribution in [1.29, 1.82) is 0 Å². The van der Waals surface area contributed by atoms with E-state index < -0.39 is 0 Å². The van der Waals surface area contributed by atoms with Crippen molar-refractivity contribution >= 4 is 5.57 Å². The normalized spacial score (nSPS) is 22.2. The third-order valence-electron chi connectivity index (χ3n) is 4.93. The fourth-order valence-corrected chi connectivity index (χ4v) is 3.41. The highest BCUT2D eigenvalue weighted by Gasteiger charge is 2.17. The Kier molecular flexibility index (Phi) is 7.77. The molecular formula is C23H31N. The maximum absolute atomic E-state index is 3.96. The van der Waals surface area contributed by atoms with Crippen LogP contribution in [0.2, 0.25) is 0 Å². The van der Waals surface area contributed by atoms with Gasteiger partial charge in [0.15, 0.2) is 0 Å². The molecule has 0 amide bonds. The Balaban J connectivity index is 1.99. The first-order valence-electron chi connectivity index (χ1n) is 9.16. The van der Waals surface area contributed by atoms with E-state index in [1.165, 1.54) is 36.8 Å². The SMILES string of the molecule is C=C/C=C(C=C)/C(=C/CNCC1CCC(C)CC1)c1ccccc1. The van der Waals surface area contributed by atoms with Gasteiger partial charge in [-0.15, -0.1) is 0 Å². The van der Waals surface area contributed by atoms with E-state index in [0.29, 0.717) is 0 Å². The van der Waals surface area contributed by atoms with Crippen LogP contribution in [0.5, 0.6) is 0 Å². The molecule has 1 nitrogen and oxygen atoms in total. The number of benzene rings is 1. The van der Waals surface area contributed by atoms with Crippen LogP contribution in [0.25, 0.3) is 5.57 Å². The lowest BCUT2D eigenvalue weighted by Gasteiger charge is -2.26. The summed E-state index contributed by atoms with van der Waals surface area (Å²) >= 11 is 0. The highest BCUT2D eigenvalue weighted by molar-refractivity contribution is 5.82. The molecule has 0 atom stereocenters. The predicted octanol–water partition coefficient (Wildman–Crippen LogP) is 5.78. The Hall–Kier alpha value is -1.86. The lowest BCUT2D eigenvalue weighted by molar-refractivity contribution is 0.284. The third kappa shape index (κ3) is 5.65. The summed E-state index contributed by atoms with van der Waals surface area (Å²) in [5.41, 5.74) is 3.55. The van der Waals surface area contributed by atoms with Crippen LogP contribution in [0.4, 0.5) is 0 Å². The van der Waals surface area contributed by atoms with Crippen LogP contribution in [-0.4, -0.2) is 13.1 Å². The van der Waals surface area contributed by atoms with Gasteiger partial charge >= 0.3 is 0 Å². The lowest BCUT2D eigenvalue weighted by atomic mass is 9.83. The molecule has 0 aromatic heterocycles. The Labute approximate surface area is 147 Å². The summed E-state index contributed by atoms with van der Waals surface area (Å²) in [5.74, 6) is 1.77. The number of allylic oxidation sites excluding steroid dienone is 5. The largest absolute Gasteiger partial charge is 0.313 e. The summed E-state index contributed by atoms with van der Waals surface area (Å²) < 4.78 is 0. The molecule has 0 aliphatic heterocycles. The third-order valence-corrected chi connectivity index (χ3v) is 4.93. The second-order valence-corrected chi connectivity index (χ2v) is 6.83. The number of hydrogen-bond donors (Lipinski definition) is 1. The summed E-state index contributed by atoms with van der Waals surface area (Å²) in [5, 5.41) is 3.63. The molecule has 0 bridgehead atoms. The predicted molar refractivity (Wildman–Crippen MR) is 107 cm³/mol. The van der Waals surface area contributed by atoms with Gasteiger partial charge in [-0.2, -0.15) is 0 Å². The van der Waals surface area contributed by atoms with Crippen LogP contribution >= 0.6 is 0 Å². The van der Waals surface area contributed by atoms with E-state index in [0.717, 1.165) is 30.5 Å². The molecule has 128 valence electrons. The minimum Gasteiger partial charge on any atom is -0.313 e. The van der Waals surface area contributed by atoms with Crippen molar-refractivity contribution in [3.05, 3.63) is 78.9 Å². The van der Waals surface area contributed by atoms with Gasteiger partial charge in [-0.1, -0.05) is 87.6 Å². The zero-order valence-electron chi connectivity index (χ0n) is 15.0. The van der Waals surface area contributed by atoms with Crippen LogP contribution in [0.1, 0.15) is 38.2 Å². The quantitative estimate of drug-likeness (QED) is 0.472. The smallest absolute Gasteiger partial charge is 0.0144 e. The monoisotopic (exact) mass is 321 g/mol. The Bertz CT molecular complexity index is 571. The molecule has 0 spiro atoms. The van der Waals surface area contributed by atoms with E-state index >= 15 is 0 Å². The van der Waals surface area contributed by atoms with Gasteiger partial charge in [0.1, 0.15) is 0 Å². The topological polar surface area (TPSA) is 12.0 Å². The van der Waals surface area contributed by atoms with E-state index in [1.807, 2.05) is 24.3 Å². The molecule has 0 saturated heterocycles. The van der Waals surface area contributed by atoms with Crippen LogP contribution in [-0.2, 0) is 0 Å². The van der Waals surface area contributed by atoms with Gasteiger partial charge in [-0.05, 0) is 47.9 Å². The minimum absolute atomic E-state index is 0.845. The first kappa shape index (κ1) is 18.5. The number of hydrogen-bond acceptors (Lipinski definition) is 1. The van der Waals surface area contributed by atoms with Crippen molar-refractivity contribution in [2.45, 2.75) is 32.6 Å². The standard InChI is InChI=1S/C23H31N/c1-4-9-21(5-2)23(22-10-7-6-8-11-22)16-17-24-18-20-14-12-19(3)13-15-20/h4-11,16,19-20,24H,1-2,12-15,17-18H2,3H3/b21-9+,23-16-. The van der Waals surface area contributed by atoms with E-state index in [9.17, 15) is 0 Å². The van der Waals surface area contributed by atoms with E-state index in [4.69, 9.17) is 0 Å². The van der Waals surface area contributed by atoms with Crippen LogP contribution in [0, 0.1) is 11.8 Å². The van der Waals surface area contributed by atoms with Crippen molar-refractivity contribution in [2.75, 3.05) is 13.1 Å². The molecule has 1 saturated carbocycles. The first-order valence-corrected chi connectivity index (χ1v) is 9.16. The van der Waals surface area contributed by atoms with Gasteiger partial charge in [-0.3, -0.25) is 0 Å². The summed E-state index contributed by atoms with van der Waals surface area (Å²) in [6.07, 6.45) is 13.6. The second kappa shape index (κ2) is 10.1. The highest BCUT2D eigenvalue weighted by atomic mass is 14.8. The molecule has 1 aromatic rings. The molecule has 1 N–H and O–H groups in total. The zero-order chi connectivity index (χ0) is 17.2. The molecule has 1 fully saturated rings. The molecule has 24 heavy (non-hydrogen) atoms. The zero-order valence-corrected chi connectivity index (χ0v) is 15.0. The van der Waals surface area contributed by atoms with E-state index in [2.05, 4.69) is 55.7 Å². The maximum Gasteiger partial charge on any atom is 0.0144 e. The van der Waals surface area contributed by atoms with Crippen molar-refractivity contribution in [3.8, 4) is 0 Å². The summed E-state index contributed by atoms with van der Waals surface area (Å²) in [7, 11) is 0. The molecular weight excluding hydrogens is 290 g/mol. The van der Waals surface area contributed by atoms with Gasteiger partial charge in [0.25, 0.3) is 0 Å². The maximum atomic E-state index is 3.96. The van der Waals surface area contributed by atoms with Crippen molar-refractivity contribution in [2.24, 2.45) is 11.8 Å². The second-order valence-electron chi connectivity index (χ2n) is 6.83. The average Bonchev–Trinajstić information content (AvgIpc) is 2.62. The minimum atomic E-state index is 0.845. The van der Waals surface area contributed by atoms with Crippen molar-refractivity contribution in [1.82, 2.24) is 5.32 Å². The lowest BCUT2D eigenvalue weighted by Crippen LogP contribution is -2.26. The fraction of sp³-hybridized carbons (Fsp3) is 0.391. The summed E-state index contributed by atoms with van der Waals surface area (Å²) in [6.45, 7) is 12.2. The van der Waals surface area contributed by atoms with Gasteiger partial charge in [0.2, 0.25) is 0 Å². The molecule has 0 unspecified atom stereocenters. The van der Waals surface area contributed by atoms with E-state index in [-0.39, 0.29) is 0 Å². The molecule has 1 heteroatoms. The average molecular weight is 322 g/mol. The van der Waals surface area contributed by atoms with Gasteiger partial charge < -0.3 is 5.32 Å². The van der Waals surface area contributed by atoms with Crippen LogP contribution in [0.15, 0.2) is 73.4 Å². The summed E-state index contributed by atoms with van der Waals surface area (Å²) in [6, 6.07) is 10.5. The van der Waals surface area contributed by atoms with Crippen molar-refractivity contribution < 1.29 is 0 Å². The summed E-state index contributed by atoms with van der Waals surface area (Å²) in [4.78, 5) is 0. The Morgan fingerprint density at radius 3 is 2.46 bits per heavy atom. The first-order chi connectivity index (χ1) is 11.7. The fourth-order valence-electron chi connectivity index (χ4n) is 3.41. The van der Waals surface area contributed by atoms with E-state index in [1.54, 1.807) is 0 Å². The molecule has 2 rings (SSSR count). The van der Waals surface area contributed by atoms with Gasteiger partial charge in [0.05, 0.1) is 0 Å². The van der Waals surface area contributed by atoms with Crippen molar-refractivity contribution in [3.63, 3.8) is 0 Å². The molecule has 0 radical (unpaired) electrons. The van der Waals surface area contributed by atoms with Gasteiger partial charge in [-0.25, -0.2) is 0 Å². The number of rotatable bonds is 8. The highest BCUT2D eigenvalue weighted by Crippen LogP contribution is 2.28. The molecule has 1 aliphatic carbocycles. The van der Waals surface area contributed by atoms with Gasteiger partial charge in [0, 0.05) is 6.54 Å². The van der Waals surface area contributed by atoms with Crippen LogP contribution < -0.4 is 5.32 Å². The van der Waals surface area contributed by atoms with Crippen LogP contribution in [0.3, 0.4) is 0 Å². The number of nitrogens with one attached hydrogen (secondary N) is 1. The Morgan fingerprint density at radius 2 is 1.83 bits per heavy atom. The molecule has 1 aliphatic rings.